The lowest BCUT2D eigenvalue weighted by atomic mass is 10.1. The smallest absolute Gasteiger partial charge is 0.159 e. The second kappa shape index (κ2) is 7.00. The van der Waals surface area contributed by atoms with Gasteiger partial charge in [0.2, 0.25) is 0 Å². The van der Waals surface area contributed by atoms with Gasteiger partial charge in [-0.3, -0.25) is 0 Å². The first kappa shape index (κ1) is 15.8. The highest BCUT2D eigenvalue weighted by atomic mass is 16.5. The Morgan fingerprint density at radius 3 is 1.62 bits per heavy atom. The number of benzene rings is 2. The quantitative estimate of drug-likeness (QED) is 0.714. The molecule has 0 N–H and O–H groups in total. The zero-order valence-corrected chi connectivity index (χ0v) is 13.8. The molecular formula is C19H18N2O3. The van der Waals surface area contributed by atoms with Crippen molar-refractivity contribution in [2.24, 2.45) is 0 Å². The number of rotatable bonds is 5. The van der Waals surface area contributed by atoms with Crippen LogP contribution in [0.2, 0.25) is 0 Å². The maximum atomic E-state index is 5.30. The molecule has 0 aliphatic heterocycles. The first-order chi connectivity index (χ1) is 11.7. The Hall–Kier alpha value is -3.08. The lowest BCUT2D eigenvalue weighted by molar-refractivity contribution is 0.394. The van der Waals surface area contributed by atoms with Crippen molar-refractivity contribution < 1.29 is 14.2 Å². The molecule has 0 fully saturated rings. The van der Waals surface area contributed by atoms with E-state index in [0.717, 1.165) is 33.9 Å². The van der Waals surface area contributed by atoms with Crippen LogP contribution in [0.1, 0.15) is 0 Å². The van der Waals surface area contributed by atoms with Crippen LogP contribution in [0.4, 0.5) is 0 Å². The molecule has 0 radical (unpaired) electrons. The van der Waals surface area contributed by atoms with E-state index in [1.807, 2.05) is 42.5 Å². The van der Waals surface area contributed by atoms with E-state index >= 15 is 0 Å². The predicted molar refractivity (Wildman–Crippen MR) is 92.6 cm³/mol. The molecule has 1 heterocycles. The van der Waals surface area contributed by atoms with Crippen molar-refractivity contribution in [1.29, 1.82) is 0 Å². The molecule has 5 heteroatoms. The average Bonchev–Trinajstić information content (AvgIpc) is 2.67. The van der Waals surface area contributed by atoms with Gasteiger partial charge in [0, 0.05) is 29.6 Å². The lowest BCUT2D eigenvalue weighted by Crippen LogP contribution is -1.92. The molecule has 2 aromatic carbocycles. The SMILES string of the molecule is COc1ccc(-c2ncc(-c3cc(OC)cc(OC)c3)cn2)cc1. The summed E-state index contributed by atoms with van der Waals surface area (Å²) in [6, 6.07) is 13.3. The summed E-state index contributed by atoms with van der Waals surface area (Å²) in [5.41, 5.74) is 2.77. The van der Waals surface area contributed by atoms with Gasteiger partial charge in [0.1, 0.15) is 17.2 Å². The Morgan fingerprint density at radius 1 is 0.583 bits per heavy atom. The Balaban J connectivity index is 1.91. The number of nitrogens with zero attached hydrogens (tertiary/aromatic N) is 2. The fourth-order valence-electron chi connectivity index (χ4n) is 2.34. The zero-order chi connectivity index (χ0) is 16.9. The minimum absolute atomic E-state index is 0.663. The van der Waals surface area contributed by atoms with E-state index in [0.29, 0.717) is 5.82 Å². The van der Waals surface area contributed by atoms with E-state index in [2.05, 4.69) is 9.97 Å². The molecule has 0 atom stereocenters. The normalized spacial score (nSPS) is 10.3. The molecule has 0 saturated carbocycles. The van der Waals surface area contributed by atoms with Crippen molar-refractivity contribution in [1.82, 2.24) is 9.97 Å². The summed E-state index contributed by atoms with van der Waals surface area (Å²) >= 11 is 0. The first-order valence-electron chi connectivity index (χ1n) is 7.43. The number of ether oxygens (including phenoxy) is 3. The predicted octanol–water partition coefficient (Wildman–Crippen LogP) is 3.84. The average molecular weight is 322 g/mol. The molecule has 0 saturated heterocycles. The molecule has 3 aromatic rings. The van der Waals surface area contributed by atoms with Gasteiger partial charge in [-0.2, -0.15) is 0 Å². The highest BCUT2D eigenvalue weighted by Crippen LogP contribution is 2.29. The van der Waals surface area contributed by atoms with Crippen LogP contribution in [0.5, 0.6) is 17.2 Å². The number of hydrogen-bond donors (Lipinski definition) is 0. The van der Waals surface area contributed by atoms with E-state index in [9.17, 15) is 0 Å². The minimum atomic E-state index is 0.663. The van der Waals surface area contributed by atoms with Gasteiger partial charge >= 0.3 is 0 Å². The molecular weight excluding hydrogens is 304 g/mol. The summed E-state index contributed by atoms with van der Waals surface area (Å²) < 4.78 is 15.8. The summed E-state index contributed by atoms with van der Waals surface area (Å²) in [6.45, 7) is 0. The Kier molecular flexibility index (Phi) is 4.61. The third kappa shape index (κ3) is 3.30. The highest BCUT2D eigenvalue weighted by Gasteiger charge is 2.07. The Labute approximate surface area is 140 Å². The standard InChI is InChI=1S/C19H18N2O3/c1-22-16-6-4-13(5-7-16)19-20-11-15(12-21-19)14-8-17(23-2)10-18(9-14)24-3/h4-12H,1-3H3. The molecule has 0 bridgehead atoms. The van der Waals surface area contributed by atoms with Crippen molar-refractivity contribution >= 4 is 0 Å². The molecule has 1 aromatic heterocycles. The van der Waals surface area contributed by atoms with E-state index in [-0.39, 0.29) is 0 Å². The summed E-state index contributed by atoms with van der Waals surface area (Å²) in [5.74, 6) is 2.92. The molecule has 24 heavy (non-hydrogen) atoms. The van der Waals surface area contributed by atoms with Gasteiger partial charge in [0.05, 0.1) is 21.3 Å². The molecule has 122 valence electrons. The first-order valence-corrected chi connectivity index (χ1v) is 7.43. The van der Waals surface area contributed by atoms with Gasteiger partial charge < -0.3 is 14.2 Å². The lowest BCUT2D eigenvalue weighted by Gasteiger charge is -2.09. The monoisotopic (exact) mass is 322 g/mol. The van der Waals surface area contributed by atoms with Gasteiger partial charge in [-0.1, -0.05) is 0 Å². The van der Waals surface area contributed by atoms with Gasteiger partial charge in [-0.05, 0) is 42.0 Å². The third-order valence-electron chi connectivity index (χ3n) is 3.68. The van der Waals surface area contributed by atoms with Crippen LogP contribution in [-0.4, -0.2) is 31.3 Å². The van der Waals surface area contributed by atoms with Crippen molar-refractivity contribution in [2.45, 2.75) is 0 Å². The van der Waals surface area contributed by atoms with Crippen molar-refractivity contribution in [3.63, 3.8) is 0 Å². The van der Waals surface area contributed by atoms with Crippen LogP contribution in [0, 0.1) is 0 Å². The van der Waals surface area contributed by atoms with Crippen LogP contribution >= 0.6 is 0 Å². The highest BCUT2D eigenvalue weighted by molar-refractivity contribution is 5.67. The maximum Gasteiger partial charge on any atom is 0.159 e. The number of aromatic nitrogens is 2. The van der Waals surface area contributed by atoms with E-state index in [4.69, 9.17) is 14.2 Å². The summed E-state index contributed by atoms with van der Waals surface area (Å²) in [6.07, 6.45) is 3.58. The van der Waals surface area contributed by atoms with Gasteiger partial charge in [-0.15, -0.1) is 0 Å². The third-order valence-corrected chi connectivity index (χ3v) is 3.68. The second-order valence-electron chi connectivity index (χ2n) is 5.13. The molecule has 3 rings (SSSR count). The molecule has 0 spiro atoms. The molecule has 0 aliphatic rings. The molecule has 5 nitrogen and oxygen atoms in total. The van der Waals surface area contributed by atoms with E-state index in [1.54, 1.807) is 33.7 Å². The molecule has 0 amide bonds. The molecule has 0 unspecified atom stereocenters. The van der Waals surface area contributed by atoms with Crippen LogP contribution in [0.25, 0.3) is 22.5 Å². The number of methoxy groups -OCH3 is 3. The van der Waals surface area contributed by atoms with Crippen LogP contribution in [0.3, 0.4) is 0 Å². The summed E-state index contributed by atoms with van der Waals surface area (Å²) in [4.78, 5) is 8.92. The summed E-state index contributed by atoms with van der Waals surface area (Å²) in [5, 5.41) is 0. The zero-order valence-electron chi connectivity index (χ0n) is 13.8. The Morgan fingerprint density at radius 2 is 1.12 bits per heavy atom. The van der Waals surface area contributed by atoms with E-state index in [1.165, 1.54) is 0 Å². The van der Waals surface area contributed by atoms with Crippen molar-refractivity contribution in [3.8, 4) is 39.8 Å². The Bertz CT molecular complexity index is 793. The van der Waals surface area contributed by atoms with Gasteiger partial charge in [0.15, 0.2) is 5.82 Å². The molecule has 0 aliphatic carbocycles. The topological polar surface area (TPSA) is 53.5 Å². The van der Waals surface area contributed by atoms with Crippen LogP contribution in [0.15, 0.2) is 54.9 Å². The van der Waals surface area contributed by atoms with Gasteiger partial charge in [-0.25, -0.2) is 9.97 Å². The van der Waals surface area contributed by atoms with Crippen molar-refractivity contribution in [3.05, 3.63) is 54.9 Å². The minimum Gasteiger partial charge on any atom is -0.497 e. The fraction of sp³-hybridized carbons (Fsp3) is 0.158. The van der Waals surface area contributed by atoms with Gasteiger partial charge in [0.25, 0.3) is 0 Å². The van der Waals surface area contributed by atoms with Crippen LogP contribution < -0.4 is 14.2 Å². The van der Waals surface area contributed by atoms with E-state index < -0.39 is 0 Å². The maximum absolute atomic E-state index is 5.30. The van der Waals surface area contributed by atoms with Crippen molar-refractivity contribution in [2.75, 3.05) is 21.3 Å². The largest absolute Gasteiger partial charge is 0.497 e. The summed E-state index contributed by atoms with van der Waals surface area (Å²) in [7, 11) is 4.90. The number of hydrogen-bond acceptors (Lipinski definition) is 5. The van der Waals surface area contributed by atoms with Crippen LogP contribution in [-0.2, 0) is 0 Å². The second-order valence-corrected chi connectivity index (χ2v) is 5.13. The fourth-order valence-corrected chi connectivity index (χ4v) is 2.34.